The number of likely N-dealkylation sites (tertiary alicyclic amines) is 1. The monoisotopic (exact) mass is 369 g/mol. The minimum Gasteiger partial charge on any atom is -0.466 e. The van der Waals surface area contributed by atoms with Gasteiger partial charge in [-0.05, 0) is 52.1 Å². The van der Waals surface area contributed by atoms with Gasteiger partial charge in [-0.15, -0.1) is 0 Å². The summed E-state index contributed by atoms with van der Waals surface area (Å²) in [5, 5.41) is 4.56. The highest BCUT2D eigenvalue weighted by atomic mass is 16.5. The highest BCUT2D eigenvalue weighted by Gasteiger charge is 2.43. The number of piperidine rings is 1. The van der Waals surface area contributed by atoms with Gasteiger partial charge in [0.25, 0.3) is 0 Å². The molecule has 1 saturated heterocycles. The van der Waals surface area contributed by atoms with Crippen molar-refractivity contribution in [2.75, 3.05) is 19.7 Å². The molecule has 1 aliphatic rings. The van der Waals surface area contributed by atoms with Crippen molar-refractivity contribution < 1.29 is 9.53 Å². The Bertz CT molecular complexity index is 756. The van der Waals surface area contributed by atoms with E-state index >= 15 is 0 Å². The van der Waals surface area contributed by atoms with Gasteiger partial charge in [-0.1, -0.05) is 30.3 Å². The molecule has 1 unspecified atom stereocenters. The van der Waals surface area contributed by atoms with E-state index in [9.17, 15) is 4.79 Å². The zero-order valence-electron chi connectivity index (χ0n) is 16.8. The molecule has 2 aromatic rings. The standard InChI is InChI=1S/C22H31N3O2/c1-4-25-16-20(18(3)23-25)15-24-13-9-12-22(17-24,21(26)27-5-2)14-19-10-7-6-8-11-19/h6-8,10-11,16H,4-5,9,12-15,17H2,1-3H3. The Morgan fingerprint density at radius 3 is 2.70 bits per heavy atom. The number of hydrogen-bond acceptors (Lipinski definition) is 4. The maximum Gasteiger partial charge on any atom is 0.313 e. The molecule has 146 valence electrons. The summed E-state index contributed by atoms with van der Waals surface area (Å²) in [7, 11) is 0. The molecular formula is C22H31N3O2. The second-order valence-corrected chi connectivity index (χ2v) is 7.57. The molecule has 1 fully saturated rings. The predicted octanol–water partition coefficient (Wildman–Crippen LogP) is 3.60. The third-order valence-corrected chi connectivity index (χ3v) is 5.52. The lowest BCUT2D eigenvalue weighted by Gasteiger charge is -2.41. The van der Waals surface area contributed by atoms with Crippen LogP contribution in [0.2, 0.25) is 0 Å². The maximum atomic E-state index is 13.0. The topological polar surface area (TPSA) is 47.4 Å². The fourth-order valence-electron chi connectivity index (χ4n) is 4.13. The summed E-state index contributed by atoms with van der Waals surface area (Å²) in [4.78, 5) is 15.4. The van der Waals surface area contributed by atoms with E-state index in [0.29, 0.717) is 6.61 Å². The second kappa shape index (κ2) is 8.70. The molecular weight excluding hydrogens is 338 g/mol. The van der Waals surface area contributed by atoms with E-state index in [-0.39, 0.29) is 5.97 Å². The van der Waals surface area contributed by atoms with Gasteiger partial charge in [0, 0.05) is 31.4 Å². The smallest absolute Gasteiger partial charge is 0.313 e. The van der Waals surface area contributed by atoms with Crippen LogP contribution in [-0.2, 0) is 29.0 Å². The van der Waals surface area contributed by atoms with E-state index in [1.54, 1.807) is 0 Å². The first-order valence-electron chi connectivity index (χ1n) is 10.0. The van der Waals surface area contributed by atoms with Crippen molar-refractivity contribution in [2.24, 2.45) is 5.41 Å². The molecule has 27 heavy (non-hydrogen) atoms. The fourth-order valence-corrected chi connectivity index (χ4v) is 4.13. The molecule has 0 amide bonds. The number of nitrogens with zero attached hydrogens (tertiary/aromatic N) is 3. The van der Waals surface area contributed by atoms with Crippen LogP contribution in [0.1, 0.15) is 43.5 Å². The van der Waals surface area contributed by atoms with Crippen LogP contribution in [0, 0.1) is 12.3 Å². The van der Waals surface area contributed by atoms with Gasteiger partial charge >= 0.3 is 5.97 Å². The number of aromatic nitrogens is 2. The molecule has 1 aromatic carbocycles. The Kier molecular flexibility index (Phi) is 6.32. The average molecular weight is 370 g/mol. The largest absolute Gasteiger partial charge is 0.466 e. The number of hydrogen-bond donors (Lipinski definition) is 0. The first-order chi connectivity index (χ1) is 13.1. The third kappa shape index (κ3) is 4.59. The van der Waals surface area contributed by atoms with Crippen molar-refractivity contribution in [3.63, 3.8) is 0 Å². The van der Waals surface area contributed by atoms with Crippen LogP contribution in [0.15, 0.2) is 36.5 Å². The normalized spacial score (nSPS) is 20.6. The highest BCUT2D eigenvalue weighted by Crippen LogP contribution is 2.36. The first kappa shape index (κ1) is 19.6. The summed E-state index contributed by atoms with van der Waals surface area (Å²) in [6.07, 6.45) is 4.75. The van der Waals surface area contributed by atoms with Gasteiger partial charge in [-0.2, -0.15) is 5.10 Å². The van der Waals surface area contributed by atoms with E-state index in [1.165, 1.54) is 11.1 Å². The number of aryl methyl sites for hydroxylation is 2. The minimum absolute atomic E-state index is 0.0560. The number of carbonyl (C=O) groups is 1. The van der Waals surface area contributed by atoms with Crippen molar-refractivity contribution >= 4 is 5.97 Å². The van der Waals surface area contributed by atoms with E-state index in [4.69, 9.17) is 4.74 Å². The molecule has 5 nitrogen and oxygen atoms in total. The van der Waals surface area contributed by atoms with Gasteiger partial charge in [-0.25, -0.2) is 0 Å². The van der Waals surface area contributed by atoms with Crippen LogP contribution < -0.4 is 0 Å². The van der Waals surface area contributed by atoms with Crippen LogP contribution >= 0.6 is 0 Å². The van der Waals surface area contributed by atoms with Gasteiger partial charge < -0.3 is 4.74 Å². The zero-order valence-corrected chi connectivity index (χ0v) is 16.8. The number of ether oxygens (including phenoxy) is 1. The fraction of sp³-hybridized carbons (Fsp3) is 0.545. The Morgan fingerprint density at radius 2 is 2.04 bits per heavy atom. The molecule has 1 aliphatic heterocycles. The van der Waals surface area contributed by atoms with E-state index < -0.39 is 5.41 Å². The number of esters is 1. The van der Waals surface area contributed by atoms with Gasteiger partial charge in [-0.3, -0.25) is 14.4 Å². The van der Waals surface area contributed by atoms with Crippen LogP contribution in [0.3, 0.4) is 0 Å². The van der Waals surface area contributed by atoms with Gasteiger partial charge in [0.2, 0.25) is 0 Å². The van der Waals surface area contributed by atoms with Crippen LogP contribution in [0.25, 0.3) is 0 Å². The van der Waals surface area contributed by atoms with Crippen molar-refractivity contribution in [1.29, 1.82) is 0 Å². The summed E-state index contributed by atoms with van der Waals surface area (Å²) in [6, 6.07) is 10.3. The molecule has 5 heteroatoms. The zero-order chi connectivity index (χ0) is 19.3. The summed E-state index contributed by atoms with van der Waals surface area (Å²) < 4.78 is 7.50. The summed E-state index contributed by atoms with van der Waals surface area (Å²) >= 11 is 0. The van der Waals surface area contributed by atoms with E-state index in [1.807, 2.05) is 29.8 Å². The van der Waals surface area contributed by atoms with E-state index in [0.717, 1.165) is 51.1 Å². The summed E-state index contributed by atoms with van der Waals surface area (Å²) in [5.41, 5.74) is 3.05. The van der Waals surface area contributed by atoms with Crippen molar-refractivity contribution in [2.45, 2.75) is 53.1 Å². The molecule has 2 heterocycles. The van der Waals surface area contributed by atoms with Crippen LogP contribution in [-0.4, -0.2) is 40.3 Å². The minimum atomic E-state index is -0.468. The lowest BCUT2D eigenvalue weighted by atomic mass is 9.75. The SMILES string of the molecule is CCOC(=O)C1(Cc2ccccc2)CCCN(Cc2cn(CC)nc2C)C1. The molecule has 0 saturated carbocycles. The Morgan fingerprint density at radius 1 is 1.26 bits per heavy atom. The lowest BCUT2D eigenvalue weighted by Crippen LogP contribution is -2.49. The summed E-state index contributed by atoms with van der Waals surface area (Å²) in [5.74, 6) is -0.0560. The first-order valence-corrected chi connectivity index (χ1v) is 10.0. The second-order valence-electron chi connectivity index (χ2n) is 7.57. The van der Waals surface area contributed by atoms with Gasteiger partial charge in [0.05, 0.1) is 17.7 Å². The van der Waals surface area contributed by atoms with Crippen LogP contribution in [0.5, 0.6) is 0 Å². The third-order valence-electron chi connectivity index (χ3n) is 5.52. The molecule has 0 spiro atoms. The number of carbonyl (C=O) groups excluding carboxylic acids is 1. The molecule has 1 atom stereocenters. The number of rotatable bonds is 7. The molecule has 0 N–H and O–H groups in total. The molecule has 0 bridgehead atoms. The highest BCUT2D eigenvalue weighted by molar-refractivity contribution is 5.77. The number of benzene rings is 1. The Labute approximate surface area is 162 Å². The predicted molar refractivity (Wildman–Crippen MR) is 106 cm³/mol. The van der Waals surface area contributed by atoms with Crippen molar-refractivity contribution in [3.8, 4) is 0 Å². The Balaban J connectivity index is 1.80. The van der Waals surface area contributed by atoms with Crippen LogP contribution in [0.4, 0.5) is 0 Å². The van der Waals surface area contributed by atoms with Crippen molar-refractivity contribution in [1.82, 2.24) is 14.7 Å². The van der Waals surface area contributed by atoms with E-state index in [2.05, 4.69) is 42.2 Å². The average Bonchev–Trinajstić information content (AvgIpc) is 3.03. The maximum absolute atomic E-state index is 13.0. The Hall–Kier alpha value is -2.14. The van der Waals surface area contributed by atoms with Crippen molar-refractivity contribution in [3.05, 3.63) is 53.3 Å². The quantitative estimate of drug-likeness (QED) is 0.700. The molecule has 3 rings (SSSR count). The van der Waals surface area contributed by atoms with Gasteiger partial charge in [0.15, 0.2) is 0 Å². The van der Waals surface area contributed by atoms with Gasteiger partial charge in [0.1, 0.15) is 0 Å². The lowest BCUT2D eigenvalue weighted by molar-refractivity contribution is -0.159. The molecule has 0 aliphatic carbocycles. The molecule has 1 aromatic heterocycles. The summed E-state index contributed by atoms with van der Waals surface area (Å²) in [6.45, 7) is 9.93. The molecule has 0 radical (unpaired) electrons.